The van der Waals surface area contributed by atoms with Crippen LogP contribution in [0, 0.1) is 0 Å². The normalized spacial score (nSPS) is 10.4. The molecule has 84 valence electrons. The number of ether oxygens (including phenoxy) is 1. The standard InChI is InChI=1S/C10H22N2O2/c1-5-12(6-2)10(13)14-9-7-8-11(3)4/h5-9H2,1-4H3. The van der Waals surface area contributed by atoms with Crippen molar-refractivity contribution in [1.29, 1.82) is 0 Å². The topological polar surface area (TPSA) is 32.8 Å². The van der Waals surface area contributed by atoms with Gasteiger partial charge in [-0.2, -0.15) is 0 Å². The lowest BCUT2D eigenvalue weighted by Gasteiger charge is -2.18. The minimum Gasteiger partial charge on any atom is -0.449 e. The van der Waals surface area contributed by atoms with Crippen LogP contribution in [0.4, 0.5) is 4.79 Å². The summed E-state index contributed by atoms with van der Waals surface area (Å²) < 4.78 is 5.10. The Hall–Kier alpha value is -0.770. The number of carbonyl (C=O) groups excluding carboxylic acids is 1. The molecule has 0 N–H and O–H groups in total. The summed E-state index contributed by atoms with van der Waals surface area (Å²) >= 11 is 0. The molecule has 0 radical (unpaired) electrons. The molecule has 0 unspecified atom stereocenters. The Morgan fingerprint density at radius 1 is 1.21 bits per heavy atom. The van der Waals surface area contributed by atoms with Crippen LogP contribution >= 0.6 is 0 Å². The molecule has 0 heterocycles. The molecule has 14 heavy (non-hydrogen) atoms. The van der Waals surface area contributed by atoms with E-state index < -0.39 is 0 Å². The summed E-state index contributed by atoms with van der Waals surface area (Å²) in [5.74, 6) is 0. The molecule has 4 nitrogen and oxygen atoms in total. The van der Waals surface area contributed by atoms with E-state index in [1.54, 1.807) is 4.90 Å². The second kappa shape index (κ2) is 7.62. The van der Waals surface area contributed by atoms with E-state index in [1.807, 2.05) is 27.9 Å². The van der Waals surface area contributed by atoms with Gasteiger partial charge < -0.3 is 14.5 Å². The number of hydrogen-bond donors (Lipinski definition) is 0. The van der Waals surface area contributed by atoms with Crippen molar-refractivity contribution in [2.45, 2.75) is 20.3 Å². The van der Waals surface area contributed by atoms with Gasteiger partial charge in [-0.3, -0.25) is 0 Å². The number of hydrogen-bond acceptors (Lipinski definition) is 3. The highest BCUT2D eigenvalue weighted by Crippen LogP contribution is 1.94. The summed E-state index contributed by atoms with van der Waals surface area (Å²) in [7, 11) is 4.01. The van der Waals surface area contributed by atoms with Crippen molar-refractivity contribution in [3.8, 4) is 0 Å². The number of amides is 1. The van der Waals surface area contributed by atoms with E-state index in [2.05, 4.69) is 4.90 Å². The first kappa shape index (κ1) is 13.2. The first-order valence-electron chi connectivity index (χ1n) is 5.18. The molecule has 0 aromatic carbocycles. The largest absolute Gasteiger partial charge is 0.449 e. The molecule has 0 aromatic rings. The zero-order valence-electron chi connectivity index (χ0n) is 9.75. The Morgan fingerprint density at radius 2 is 1.79 bits per heavy atom. The van der Waals surface area contributed by atoms with E-state index in [0.29, 0.717) is 19.7 Å². The third-order valence-corrected chi connectivity index (χ3v) is 2.00. The fourth-order valence-corrected chi connectivity index (χ4v) is 1.11. The monoisotopic (exact) mass is 202 g/mol. The van der Waals surface area contributed by atoms with Gasteiger partial charge >= 0.3 is 6.09 Å². The van der Waals surface area contributed by atoms with Crippen molar-refractivity contribution in [2.75, 3.05) is 40.3 Å². The molecule has 0 bridgehead atoms. The third-order valence-electron chi connectivity index (χ3n) is 2.00. The minimum absolute atomic E-state index is 0.200. The molecule has 0 atom stereocenters. The third kappa shape index (κ3) is 5.80. The SMILES string of the molecule is CCN(CC)C(=O)OCCCN(C)C. The maximum atomic E-state index is 11.3. The van der Waals surface area contributed by atoms with Crippen LogP contribution in [0.5, 0.6) is 0 Å². The van der Waals surface area contributed by atoms with Gasteiger partial charge in [-0.15, -0.1) is 0 Å². The fraction of sp³-hybridized carbons (Fsp3) is 0.900. The van der Waals surface area contributed by atoms with Crippen LogP contribution in [0.2, 0.25) is 0 Å². The first-order valence-corrected chi connectivity index (χ1v) is 5.18. The Balaban J connectivity index is 3.52. The van der Waals surface area contributed by atoms with Gasteiger partial charge in [-0.25, -0.2) is 4.79 Å². The van der Waals surface area contributed by atoms with Gasteiger partial charge in [-0.05, 0) is 34.4 Å². The van der Waals surface area contributed by atoms with E-state index >= 15 is 0 Å². The van der Waals surface area contributed by atoms with Gasteiger partial charge in [0.05, 0.1) is 6.61 Å². The summed E-state index contributed by atoms with van der Waals surface area (Å²) in [6.07, 6.45) is 0.689. The highest BCUT2D eigenvalue weighted by molar-refractivity contribution is 5.67. The summed E-state index contributed by atoms with van der Waals surface area (Å²) in [5.41, 5.74) is 0. The van der Waals surface area contributed by atoms with Crippen LogP contribution in [-0.4, -0.2) is 56.2 Å². The van der Waals surface area contributed by atoms with Crippen LogP contribution < -0.4 is 0 Å². The number of rotatable bonds is 6. The van der Waals surface area contributed by atoms with E-state index in [9.17, 15) is 4.79 Å². The van der Waals surface area contributed by atoms with Crippen LogP contribution in [0.3, 0.4) is 0 Å². The maximum absolute atomic E-state index is 11.3. The van der Waals surface area contributed by atoms with Crippen molar-refractivity contribution in [1.82, 2.24) is 9.80 Å². The van der Waals surface area contributed by atoms with Crippen LogP contribution in [-0.2, 0) is 4.74 Å². The van der Waals surface area contributed by atoms with Crippen LogP contribution in [0.25, 0.3) is 0 Å². The van der Waals surface area contributed by atoms with Crippen LogP contribution in [0.1, 0.15) is 20.3 Å². The average Bonchev–Trinajstić information content (AvgIpc) is 2.14. The fourth-order valence-electron chi connectivity index (χ4n) is 1.11. The molecule has 0 aliphatic heterocycles. The van der Waals surface area contributed by atoms with Crippen molar-refractivity contribution in [3.05, 3.63) is 0 Å². The quantitative estimate of drug-likeness (QED) is 0.611. The summed E-state index contributed by atoms with van der Waals surface area (Å²) in [6.45, 7) is 6.78. The molecule has 0 saturated carbocycles. The van der Waals surface area contributed by atoms with Gasteiger partial charge in [0, 0.05) is 19.6 Å². The van der Waals surface area contributed by atoms with E-state index in [0.717, 1.165) is 13.0 Å². The maximum Gasteiger partial charge on any atom is 0.409 e. The minimum atomic E-state index is -0.200. The van der Waals surface area contributed by atoms with Crippen molar-refractivity contribution < 1.29 is 9.53 Å². The second-order valence-corrected chi connectivity index (χ2v) is 3.44. The van der Waals surface area contributed by atoms with Gasteiger partial charge in [0.2, 0.25) is 0 Å². The van der Waals surface area contributed by atoms with Crippen molar-refractivity contribution in [2.24, 2.45) is 0 Å². The summed E-state index contributed by atoms with van der Waals surface area (Å²) in [4.78, 5) is 15.1. The lowest BCUT2D eigenvalue weighted by atomic mass is 10.4. The number of carbonyl (C=O) groups is 1. The smallest absolute Gasteiger partial charge is 0.409 e. The molecular formula is C10H22N2O2. The number of nitrogens with zero attached hydrogens (tertiary/aromatic N) is 2. The van der Waals surface area contributed by atoms with E-state index in [1.165, 1.54) is 0 Å². The summed E-state index contributed by atoms with van der Waals surface area (Å²) in [6, 6.07) is 0. The predicted octanol–water partition coefficient (Wildman–Crippen LogP) is 1.42. The lowest BCUT2D eigenvalue weighted by molar-refractivity contribution is 0.103. The molecule has 1 amide bonds. The van der Waals surface area contributed by atoms with E-state index in [4.69, 9.17) is 4.74 Å². The first-order chi connectivity index (χ1) is 6.61. The highest BCUT2D eigenvalue weighted by Gasteiger charge is 2.09. The Morgan fingerprint density at radius 3 is 2.21 bits per heavy atom. The van der Waals surface area contributed by atoms with Gasteiger partial charge in [0.1, 0.15) is 0 Å². The van der Waals surface area contributed by atoms with Crippen LogP contribution in [0.15, 0.2) is 0 Å². The van der Waals surface area contributed by atoms with Crippen molar-refractivity contribution in [3.63, 3.8) is 0 Å². The average molecular weight is 202 g/mol. The Kier molecular flexibility index (Phi) is 7.20. The zero-order chi connectivity index (χ0) is 11.0. The van der Waals surface area contributed by atoms with E-state index in [-0.39, 0.29) is 6.09 Å². The molecule has 0 spiro atoms. The molecule has 0 fully saturated rings. The van der Waals surface area contributed by atoms with Crippen molar-refractivity contribution >= 4 is 6.09 Å². The Bertz CT molecular complexity index is 156. The molecule has 0 rings (SSSR count). The highest BCUT2D eigenvalue weighted by atomic mass is 16.6. The summed E-state index contributed by atoms with van der Waals surface area (Å²) in [5, 5.41) is 0. The molecule has 0 aromatic heterocycles. The molecule has 4 heteroatoms. The molecule has 0 aliphatic rings. The van der Waals surface area contributed by atoms with Gasteiger partial charge in [0.25, 0.3) is 0 Å². The van der Waals surface area contributed by atoms with Gasteiger partial charge in [-0.1, -0.05) is 0 Å². The lowest BCUT2D eigenvalue weighted by Crippen LogP contribution is -2.31. The molecule has 0 saturated heterocycles. The zero-order valence-corrected chi connectivity index (χ0v) is 9.75. The Labute approximate surface area is 86.8 Å². The second-order valence-electron chi connectivity index (χ2n) is 3.44. The molecule has 0 aliphatic carbocycles. The molecular weight excluding hydrogens is 180 g/mol. The predicted molar refractivity (Wildman–Crippen MR) is 57.4 cm³/mol. The van der Waals surface area contributed by atoms with Gasteiger partial charge in [0.15, 0.2) is 0 Å².